The molecule has 1 N–H and O–H groups in total. The summed E-state index contributed by atoms with van der Waals surface area (Å²) in [5, 5.41) is 8.83. The largest absolute Gasteiger partial charge is 0.497 e. The summed E-state index contributed by atoms with van der Waals surface area (Å²) >= 11 is 1.21. The number of ether oxygens (including phenoxy) is 3. The van der Waals surface area contributed by atoms with Crippen molar-refractivity contribution in [1.29, 1.82) is 0 Å². The molecule has 0 fully saturated rings. The van der Waals surface area contributed by atoms with E-state index in [1.165, 1.54) is 15.9 Å². The number of aliphatic carboxylic acids is 1. The number of carboxylic acid groups (broad SMARTS) is 1. The van der Waals surface area contributed by atoms with Crippen molar-refractivity contribution in [2.24, 2.45) is 4.99 Å². The highest BCUT2D eigenvalue weighted by molar-refractivity contribution is 7.07. The fourth-order valence-corrected chi connectivity index (χ4v) is 5.53. The van der Waals surface area contributed by atoms with Gasteiger partial charge in [0.25, 0.3) is 5.56 Å². The lowest BCUT2D eigenvalue weighted by molar-refractivity contribution is -0.140. The Bertz CT molecular complexity index is 1810. The van der Waals surface area contributed by atoms with Gasteiger partial charge in [-0.15, -0.1) is 0 Å². The fraction of sp³-hybridized carbons (Fsp3) is 0.161. The van der Waals surface area contributed by atoms with Crippen molar-refractivity contribution >= 4 is 35.0 Å². The molecule has 10 heteroatoms. The summed E-state index contributed by atoms with van der Waals surface area (Å²) in [5.41, 5.74) is 2.47. The van der Waals surface area contributed by atoms with Crippen LogP contribution >= 0.6 is 11.3 Å². The van der Waals surface area contributed by atoms with Gasteiger partial charge < -0.3 is 19.3 Å². The first kappa shape index (κ1) is 27.6. The number of benzene rings is 3. The number of esters is 1. The molecule has 208 valence electrons. The summed E-state index contributed by atoms with van der Waals surface area (Å²) in [5.74, 6) is -0.654. The highest BCUT2D eigenvalue weighted by Crippen LogP contribution is 2.36. The molecule has 0 spiro atoms. The molecule has 2 heterocycles. The van der Waals surface area contributed by atoms with Crippen molar-refractivity contribution in [3.05, 3.63) is 121 Å². The third-order valence-electron chi connectivity index (χ3n) is 6.32. The summed E-state index contributed by atoms with van der Waals surface area (Å²) < 4.78 is 18.1. The van der Waals surface area contributed by atoms with E-state index < -0.39 is 24.6 Å². The number of carbonyl (C=O) groups excluding carboxylic acids is 1. The summed E-state index contributed by atoms with van der Waals surface area (Å²) in [4.78, 5) is 43.5. The fourth-order valence-electron chi connectivity index (χ4n) is 4.52. The minimum absolute atomic E-state index is 0.159. The first-order valence-corrected chi connectivity index (χ1v) is 13.6. The van der Waals surface area contributed by atoms with E-state index in [9.17, 15) is 14.4 Å². The van der Waals surface area contributed by atoms with E-state index in [-0.39, 0.29) is 17.7 Å². The van der Waals surface area contributed by atoms with Gasteiger partial charge in [-0.05, 0) is 48.4 Å². The Morgan fingerprint density at radius 1 is 1.02 bits per heavy atom. The predicted molar refractivity (Wildman–Crippen MR) is 154 cm³/mol. The molecule has 1 aliphatic rings. The van der Waals surface area contributed by atoms with Crippen molar-refractivity contribution in [2.45, 2.75) is 13.0 Å². The van der Waals surface area contributed by atoms with Crippen molar-refractivity contribution in [3.8, 4) is 11.5 Å². The standard InChI is InChI=1S/C31H26N2O7S/c1-3-39-30(37)26-27(20-8-5-4-6-9-20)32-31-33(28(26)21-10-7-11-23(17-21)38-2)29(36)24(41-31)16-19-12-14-22(15-13-19)40-18-25(34)35/h4-17,28H,3,18H2,1-2H3,(H,34,35)/b24-16-/t28-/m1/s1. The van der Waals surface area contributed by atoms with Gasteiger partial charge in [0.2, 0.25) is 0 Å². The number of nitrogens with zero attached hydrogens (tertiary/aromatic N) is 2. The molecule has 0 aliphatic carbocycles. The van der Waals surface area contributed by atoms with Gasteiger partial charge in [0.05, 0.1) is 35.6 Å². The normalized spacial score (nSPS) is 14.7. The van der Waals surface area contributed by atoms with Crippen molar-refractivity contribution in [2.75, 3.05) is 20.3 Å². The highest BCUT2D eigenvalue weighted by atomic mass is 32.1. The van der Waals surface area contributed by atoms with Crippen LogP contribution in [0.2, 0.25) is 0 Å². The second-order valence-electron chi connectivity index (χ2n) is 8.96. The first-order valence-electron chi connectivity index (χ1n) is 12.8. The van der Waals surface area contributed by atoms with Gasteiger partial charge in [0, 0.05) is 5.56 Å². The zero-order chi connectivity index (χ0) is 28.9. The third-order valence-corrected chi connectivity index (χ3v) is 7.31. The SMILES string of the molecule is CCOC(=O)C1=C(c2ccccc2)N=c2s/c(=C\c3ccc(OCC(=O)O)cc3)c(=O)n2[C@@H]1c1cccc(OC)c1. The molecule has 0 saturated carbocycles. The molecule has 9 nitrogen and oxygen atoms in total. The lowest BCUT2D eigenvalue weighted by Gasteiger charge is -2.26. The molecule has 5 rings (SSSR count). The molecular formula is C31H26N2O7S. The van der Waals surface area contributed by atoms with Crippen LogP contribution < -0.4 is 24.4 Å². The Kier molecular flexibility index (Phi) is 8.11. The number of aromatic nitrogens is 1. The highest BCUT2D eigenvalue weighted by Gasteiger charge is 2.35. The zero-order valence-electron chi connectivity index (χ0n) is 22.3. The maximum atomic E-state index is 14.0. The van der Waals surface area contributed by atoms with Crippen LogP contribution in [0.3, 0.4) is 0 Å². The van der Waals surface area contributed by atoms with Gasteiger partial charge in [0.15, 0.2) is 11.4 Å². The van der Waals surface area contributed by atoms with Crippen LogP contribution in [-0.4, -0.2) is 41.9 Å². The predicted octanol–water partition coefficient (Wildman–Crippen LogP) is 3.41. The second-order valence-corrected chi connectivity index (χ2v) is 9.97. The minimum Gasteiger partial charge on any atom is -0.497 e. The average molecular weight is 571 g/mol. The Balaban J connectivity index is 1.72. The molecule has 1 atom stereocenters. The van der Waals surface area contributed by atoms with Crippen LogP contribution in [0.4, 0.5) is 0 Å². The maximum absolute atomic E-state index is 14.0. The summed E-state index contributed by atoms with van der Waals surface area (Å²) in [6.45, 7) is 1.44. The van der Waals surface area contributed by atoms with E-state index in [1.807, 2.05) is 42.5 Å². The topological polar surface area (TPSA) is 116 Å². The molecule has 0 amide bonds. The Morgan fingerprint density at radius 3 is 2.46 bits per heavy atom. The van der Waals surface area contributed by atoms with E-state index in [1.54, 1.807) is 56.5 Å². The number of hydrogen-bond donors (Lipinski definition) is 1. The van der Waals surface area contributed by atoms with E-state index in [0.717, 1.165) is 5.56 Å². The summed E-state index contributed by atoms with van der Waals surface area (Å²) in [6, 6.07) is 22.5. The average Bonchev–Trinajstić information content (AvgIpc) is 3.30. The second kappa shape index (κ2) is 12.1. The van der Waals surface area contributed by atoms with Crippen LogP contribution in [0.15, 0.2) is 94.2 Å². The minimum atomic E-state index is -1.07. The van der Waals surface area contributed by atoms with Gasteiger partial charge in [-0.2, -0.15) is 0 Å². The Hall–Kier alpha value is -4.96. The van der Waals surface area contributed by atoms with Crippen LogP contribution in [0, 0.1) is 0 Å². The van der Waals surface area contributed by atoms with Gasteiger partial charge >= 0.3 is 11.9 Å². The van der Waals surface area contributed by atoms with Gasteiger partial charge in [0.1, 0.15) is 11.5 Å². The number of methoxy groups -OCH3 is 1. The number of hydrogen-bond acceptors (Lipinski definition) is 8. The molecule has 0 radical (unpaired) electrons. The van der Waals surface area contributed by atoms with Crippen LogP contribution in [0.25, 0.3) is 11.8 Å². The molecule has 3 aromatic carbocycles. The van der Waals surface area contributed by atoms with Gasteiger partial charge in [-0.3, -0.25) is 9.36 Å². The van der Waals surface area contributed by atoms with E-state index in [4.69, 9.17) is 24.3 Å². The van der Waals surface area contributed by atoms with Crippen molar-refractivity contribution in [3.63, 3.8) is 0 Å². The van der Waals surface area contributed by atoms with Gasteiger partial charge in [-0.1, -0.05) is 65.9 Å². The number of rotatable bonds is 9. The number of fused-ring (bicyclic) bond motifs is 1. The van der Waals surface area contributed by atoms with Crippen LogP contribution in [-0.2, 0) is 14.3 Å². The number of thiazole rings is 1. The van der Waals surface area contributed by atoms with E-state index in [2.05, 4.69) is 0 Å². The summed E-state index contributed by atoms with van der Waals surface area (Å²) in [7, 11) is 1.56. The van der Waals surface area contributed by atoms with E-state index >= 15 is 0 Å². The molecule has 41 heavy (non-hydrogen) atoms. The smallest absolute Gasteiger partial charge is 0.341 e. The number of carbonyl (C=O) groups is 2. The Morgan fingerprint density at radius 2 is 1.78 bits per heavy atom. The van der Waals surface area contributed by atoms with Crippen LogP contribution in [0.1, 0.15) is 29.7 Å². The maximum Gasteiger partial charge on any atom is 0.341 e. The molecule has 0 saturated heterocycles. The van der Waals surface area contributed by atoms with Crippen LogP contribution in [0.5, 0.6) is 11.5 Å². The molecule has 0 bridgehead atoms. The molecular weight excluding hydrogens is 544 g/mol. The monoisotopic (exact) mass is 570 g/mol. The van der Waals surface area contributed by atoms with Gasteiger partial charge in [-0.25, -0.2) is 14.6 Å². The summed E-state index contributed by atoms with van der Waals surface area (Å²) in [6.07, 6.45) is 1.73. The van der Waals surface area contributed by atoms with E-state index in [0.29, 0.717) is 37.7 Å². The molecule has 1 aliphatic heterocycles. The lowest BCUT2D eigenvalue weighted by Crippen LogP contribution is -2.40. The number of carboxylic acids is 1. The Labute approximate surface area is 238 Å². The molecule has 1 aromatic heterocycles. The zero-order valence-corrected chi connectivity index (χ0v) is 23.1. The lowest BCUT2D eigenvalue weighted by atomic mass is 9.93. The molecule has 4 aromatic rings. The van der Waals surface area contributed by atoms with Crippen molar-refractivity contribution in [1.82, 2.24) is 4.57 Å². The quantitative estimate of drug-likeness (QED) is 0.307. The third kappa shape index (κ3) is 5.82. The molecule has 0 unspecified atom stereocenters. The van der Waals surface area contributed by atoms with Crippen molar-refractivity contribution < 1.29 is 28.9 Å². The first-order chi connectivity index (χ1) is 19.9.